The number of carbonyl (C=O) groups excluding carboxylic acids is 1. The van der Waals surface area contributed by atoms with E-state index in [-0.39, 0.29) is 18.3 Å². The Morgan fingerprint density at radius 3 is 3.05 bits per heavy atom. The van der Waals surface area contributed by atoms with Crippen molar-refractivity contribution in [3.63, 3.8) is 0 Å². The molecule has 1 heterocycles. The molecule has 1 saturated heterocycles. The zero-order chi connectivity index (χ0) is 13.5. The standard InChI is InChI=1S/C15H22N2O2.ClH/c1-2-9-19-14-7-3-5-13(10-14)17-15(18)11-12-6-4-8-16-12;/h3,5,7,10,12,16H,2,4,6,8-9,11H2,1H3,(H,17,18);1H. The van der Waals surface area contributed by atoms with Crippen molar-refractivity contribution in [1.82, 2.24) is 5.32 Å². The highest BCUT2D eigenvalue weighted by Crippen LogP contribution is 2.18. The molecule has 2 N–H and O–H groups in total. The number of hydrogen-bond acceptors (Lipinski definition) is 3. The van der Waals surface area contributed by atoms with E-state index in [1.54, 1.807) is 0 Å². The summed E-state index contributed by atoms with van der Waals surface area (Å²) in [5, 5.41) is 6.25. The van der Waals surface area contributed by atoms with E-state index >= 15 is 0 Å². The van der Waals surface area contributed by atoms with E-state index < -0.39 is 0 Å². The Hall–Kier alpha value is -1.26. The summed E-state index contributed by atoms with van der Waals surface area (Å²) in [6.45, 7) is 3.79. The third-order valence-electron chi connectivity index (χ3n) is 3.18. The molecule has 112 valence electrons. The smallest absolute Gasteiger partial charge is 0.225 e. The second-order valence-electron chi connectivity index (χ2n) is 4.92. The minimum absolute atomic E-state index is 0. The van der Waals surface area contributed by atoms with Gasteiger partial charge in [-0.1, -0.05) is 13.0 Å². The second kappa shape index (κ2) is 8.82. The summed E-state index contributed by atoms with van der Waals surface area (Å²) in [6, 6.07) is 7.90. The number of nitrogens with one attached hydrogen (secondary N) is 2. The molecule has 0 spiro atoms. The molecule has 1 amide bonds. The molecule has 2 rings (SSSR count). The van der Waals surface area contributed by atoms with Gasteiger partial charge in [-0.2, -0.15) is 0 Å². The number of halogens is 1. The Morgan fingerprint density at radius 1 is 1.50 bits per heavy atom. The largest absolute Gasteiger partial charge is 0.494 e. The van der Waals surface area contributed by atoms with Crippen molar-refractivity contribution in [3.05, 3.63) is 24.3 Å². The summed E-state index contributed by atoms with van der Waals surface area (Å²) in [5.74, 6) is 0.866. The van der Waals surface area contributed by atoms with Gasteiger partial charge in [0, 0.05) is 24.2 Å². The summed E-state index contributed by atoms with van der Waals surface area (Å²) < 4.78 is 5.55. The minimum Gasteiger partial charge on any atom is -0.494 e. The normalized spacial score (nSPS) is 17.4. The molecular formula is C15H23ClN2O2. The monoisotopic (exact) mass is 298 g/mol. The van der Waals surface area contributed by atoms with Crippen LogP contribution in [0.5, 0.6) is 5.75 Å². The van der Waals surface area contributed by atoms with Gasteiger partial charge in [0.15, 0.2) is 0 Å². The van der Waals surface area contributed by atoms with Gasteiger partial charge in [-0.05, 0) is 37.9 Å². The van der Waals surface area contributed by atoms with E-state index in [1.165, 1.54) is 0 Å². The van der Waals surface area contributed by atoms with Crippen LogP contribution in [0.2, 0.25) is 0 Å². The Bertz CT molecular complexity index is 420. The fourth-order valence-electron chi connectivity index (χ4n) is 2.25. The minimum atomic E-state index is 0. The molecule has 0 bridgehead atoms. The number of anilines is 1. The number of rotatable bonds is 6. The molecule has 1 atom stereocenters. The summed E-state index contributed by atoms with van der Waals surface area (Å²) >= 11 is 0. The second-order valence-corrected chi connectivity index (χ2v) is 4.92. The summed E-state index contributed by atoms with van der Waals surface area (Å²) in [5.41, 5.74) is 0.802. The topological polar surface area (TPSA) is 50.4 Å². The maximum absolute atomic E-state index is 11.9. The molecular weight excluding hydrogens is 276 g/mol. The first-order chi connectivity index (χ1) is 9.28. The number of hydrogen-bond donors (Lipinski definition) is 2. The van der Waals surface area contributed by atoms with Gasteiger partial charge in [0.05, 0.1) is 6.61 Å². The number of ether oxygens (including phenoxy) is 1. The van der Waals surface area contributed by atoms with Gasteiger partial charge in [0.1, 0.15) is 5.75 Å². The van der Waals surface area contributed by atoms with E-state index in [4.69, 9.17) is 4.74 Å². The number of amides is 1. The Labute approximate surface area is 126 Å². The average Bonchev–Trinajstić information content (AvgIpc) is 2.89. The lowest BCUT2D eigenvalue weighted by atomic mass is 10.1. The summed E-state index contributed by atoms with van der Waals surface area (Å²) in [6.07, 6.45) is 3.77. The molecule has 1 fully saturated rings. The van der Waals surface area contributed by atoms with Crippen LogP contribution < -0.4 is 15.4 Å². The van der Waals surface area contributed by atoms with E-state index in [0.29, 0.717) is 19.1 Å². The van der Waals surface area contributed by atoms with E-state index in [0.717, 1.165) is 37.2 Å². The molecule has 5 heteroatoms. The summed E-state index contributed by atoms with van der Waals surface area (Å²) in [4.78, 5) is 11.9. The van der Waals surface area contributed by atoms with Crippen LogP contribution >= 0.6 is 12.4 Å². The SMILES string of the molecule is CCCOc1cccc(NC(=O)CC2CCCN2)c1.Cl. The van der Waals surface area contributed by atoms with Crippen molar-refractivity contribution in [3.8, 4) is 5.75 Å². The lowest BCUT2D eigenvalue weighted by Crippen LogP contribution is -2.27. The van der Waals surface area contributed by atoms with Crippen LogP contribution in [0.3, 0.4) is 0 Å². The van der Waals surface area contributed by atoms with Gasteiger partial charge in [-0.15, -0.1) is 12.4 Å². The molecule has 1 aromatic carbocycles. The Morgan fingerprint density at radius 2 is 2.35 bits per heavy atom. The van der Waals surface area contributed by atoms with Gasteiger partial charge in [-0.25, -0.2) is 0 Å². The molecule has 0 radical (unpaired) electrons. The van der Waals surface area contributed by atoms with Crippen molar-refractivity contribution < 1.29 is 9.53 Å². The fourth-order valence-corrected chi connectivity index (χ4v) is 2.25. The Kier molecular flexibility index (Phi) is 7.41. The van der Waals surface area contributed by atoms with E-state index in [2.05, 4.69) is 17.6 Å². The third-order valence-corrected chi connectivity index (χ3v) is 3.18. The van der Waals surface area contributed by atoms with Crippen LogP contribution in [0.15, 0.2) is 24.3 Å². The molecule has 0 saturated carbocycles. The first-order valence-electron chi connectivity index (χ1n) is 7.04. The van der Waals surface area contributed by atoms with Crippen molar-refractivity contribution in [2.75, 3.05) is 18.5 Å². The molecule has 20 heavy (non-hydrogen) atoms. The highest BCUT2D eigenvalue weighted by molar-refractivity contribution is 5.91. The number of carbonyl (C=O) groups is 1. The average molecular weight is 299 g/mol. The lowest BCUT2D eigenvalue weighted by Gasteiger charge is -2.11. The molecule has 1 aromatic rings. The van der Waals surface area contributed by atoms with E-state index in [1.807, 2.05) is 24.3 Å². The van der Waals surface area contributed by atoms with Crippen molar-refractivity contribution >= 4 is 24.0 Å². The highest BCUT2D eigenvalue weighted by atomic mass is 35.5. The van der Waals surface area contributed by atoms with Gasteiger partial charge in [-0.3, -0.25) is 4.79 Å². The van der Waals surface area contributed by atoms with Crippen molar-refractivity contribution in [1.29, 1.82) is 0 Å². The predicted octanol–water partition coefficient (Wildman–Crippen LogP) is 2.98. The van der Waals surface area contributed by atoms with Crippen molar-refractivity contribution in [2.45, 2.75) is 38.6 Å². The van der Waals surface area contributed by atoms with Crippen LogP contribution in [0.25, 0.3) is 0 Å². The Balaban J connectivity index is 0.00000200. The summed E-state index contributed by atoms with van der Waals surface area (Å²) in [7, 11) is 0. The van der Waals surface area contributed by atoms with E-state index in [9.17, 15) is 4.79 Å². The predicted molar refractivity (Wildman–Crippen MR) is 83.7 cm³/mol. The third kappa shape index (κ3) is 5.39. The quantitative estimate of drug-likeness (QED) is 0.849. The van der Waals surface area contributed by atoms with Gasteiger partial charge in [0.25, 0.3) is 0 Å². The lowest BCUT2D eigenvalue weighted by molar-refractivity contribution is -0.116. The fraction of sp³-hybridized carbons (Fsp3) is 0.533. The highest BCUT2D eigenvalue weighted by Gasteiger charge is 2.17. The molecule has 4 nitrogen and oxygen atoms in total. The molecule has 1 aliphatic rings. The maximum Gasteiger partial charge on any atom is 0.225 e. The molecule has 0 aliphatic carbocycles. The molecule has 1 aliphatic heterocycles. The van der Waals surface area contributed by atoms with Crippen LogP contribution in [-0.4, -0.2) is 25.1 Å². The van der Waals surface area contributed by atoms with Gasteiger partial charge >= 0.3 is 0 Å². The molecule has 1 unspecified atom stereocenters. The zero-order valence-corrected chi connectivity index (χ0v) is 12.7. The van der Waals surface area contributed by atoms with Crippen molar-refractivity contribution in [2.24, 2.45) is 0 Å². The number of benzene rings is 1. The van der Waals surface area contributed by atoms with Crippen LogP contribution in [0, 0.1) is 0 Å². The van der Waals surface area contributed by atoms with Gasteiger partial charge in [0.2, 0.25) is 5.91 Å². The first kappa shape index (κ1) is 16.8. The molecule has 0 aromatic heterocycles. The van der Waals surface area contributed by atoms with Crippen LogP contribution in [-0.2, 0) is 4.79 Å². The zero-order valence-electron chi connectivity index (χ0n) is 11.9. The van der Waals surface area contributed by atoms with Crippen LogP contribution in [0.1, 0.15) is 32.6 Å². The maximum atomic E-state index is 11.9. The first-order valence-corrected chi connectivity index (χ1v) is 7.04. The van der Waals surface area contributed by atoms with Gasteiger partial charge < -0.3 is 15.4 Å². The van der Waals surface area contributed by atoms with Crippen LogP contribution in [0.4, 0.5) is 5.69 Å².